The van der Waals surface area contributed by atoms with Gasteiger partial charge in [0.25, 0.3) is 5.91 Å². The maximum absolute atomic E-state index is 13.8. The van der Waals surface area contributed by atoms with E-state index in [1.807, 2.05) is 48.2 Å². The minimum absolute atomic E-state index is 0.0613. The molecule has 2 heterocycles. The van der Waals surface area contributed by atoms with Crippen LogP contribution in [0.15, 0.2) is 36.4 Å². The number of morpholine rings is 1. The van der Waals surface area contributed by atoms with Gasteiger partial charge in [0.15, 0.2) is 5.13 Å². The molecular weight excluding hydrogens is 482 g/mol. The number of hydrogen-bond donors (Lipinski definition) is 0. The standard InChI is InChI=1S/C27H34ClN3O3S/c1-3-4-5-14-34-23-9-6-8-21(18-23)26(32)31(11-7-10-30-12-15-33-16-13-30)27-29-25-20(2)17-22(28)19-24(25)35-27/h6,8-9,17-19H,3-5,7,10-16H2,1-2H3. The van der Waals surface area contributed by atoms with Gasteiger partial charge < -0.3 is 9.47 Å². The maximum atomic E-state index is 13.8. The van der Waals surface area contributed by atoms with Gasteiger partial charge in [-0.05, 0) is 55.7 Å². The first-order valence-corrected chi connectivity index (χ1v) is 13.7. The highest BCUT2D eigenvalue weighted by Gasteiger charge is 2.23. The molecular formula is C27H34ClN3O3S. The van der Waals surface area contributed by atoms with E-state index in [4.69, 9.17) is 26.1 Å². The van der Waals surface area contributed by atoms with Crippen molar-refractivity contribution >= 4 is 44.2 Å². The summed E-state index contributed by atoms with van der Waals surface area (Å²) in [5.41, 5.74) is 2.52. The van der Waals surface area contributed by atoms with Crippen LogP contribution in [0.25, 0.3) is 10.2 Å². The molecule has 35 heavy (non-hydrogen) atoms. The van der Waals surface area contributed by atoms with Crippen molar-refractivity contribution in [1.82, 2.24) is 9.88 Å². The molecule has 3 aromatic rings. The SMILES string of the molecule is CCCCCOc1cccc(C(=O)N(CCCN2CCOCC2)c2nc3c(C)cc(Cl)cc3s2)c1. The van der Waals surface area contributed by atoms with Crippen molar-refractivity contribution in [1.29, 1.82) is 0 Å². The van der Waals surface area contributed by atoms with E-state index < -0.39 is 0 Å². The third kappa shape index (κ3) is 6.94. The van der Waals surface area contributed by atoms with Gasteiger partial charge in [0.05, 0.1) is 30.0 Å². The molecule has 0 bridgehead atoms. The number of ether oxygens (including phenoxy) is 2. The normalized spacial score (nSPS) is 14.4. The van der Waals surface area contributed by atoms with Crippen LogP contribution in [0, 0.1) is 6.92 Å². The first-order valence-electron chi connectivity index (χ1n) is 12.5. The molecule has 1 saturated heterocycles. The van der Waals surface area contributed by atoms with Crippen molar-refractivity contribution in [2.24, 2.45) is 0 Å². The van der Waals surface area contributed by atoms with E-state index in [1.165, 1.54) is 11.3 Å². The number of halogens is 1. The number of unbranched alkanes of at least 4 members (excludes halogenated alkanes) is 2. The topological polar surface area (TPSA) is 54.9 Å². The van der Waals surface area contributed by atoms with E-state index in [0.29, 0.717) is 28.9 Å². The molecule has 1 aliphatic rings. The lowest BCUT2D eigenvalue weighted by atomic mass is 10.2. The molecule has 0 atom stereocenters. The number of anilines is 1. The van der Waals surface area contributed by atoms with Gasteiger partial charge in [0, 0.05) is 36.8 Å². The molecule has 0 aliphatic carbocycles. The zero-order chi connectivity index (χ0) is 24.6. The van der Waals surface area contributed by atoms with Crippen molar-refractivity contribution in [2.45, 2.75) is 39.5 Å². The van der Waals surface area contributed by atoms with Crippen LogP contribution in [0.1, 0.15) is 48.5 Å². The second kappa shape index (κ2) is 12.7. The number of aromatic nitrogens is 1. The number of amides is 1. The van der Waals surface area contributed by atoms with Gasteiger partial charge >= 0.3 is 0 Å². The average Bonchev–Trinajstić information content (AvgIpc) is 3.29. The number of aryl methyl sites for hydroxylation is 1. The highest BCUT2D eigenvalue weighted by molar-refractivity contribution is 7.22. The second-order valence-corrected chi connectivity index (χ2v) is 10.4. The number of hydrogen-bond acceptors (Lipinski definition) is 6. The Kier molecular flexibility index (Phi) is 9.38. The number of carbonyl (C=O) groups is 1. The summed E-state index contributed by atoms with van der Waals surface area (Å²) in [7, 11) is 0. The first-order chi connectivity index (χ1) is 17.0. The predicted octanol–water partition coefficient (Wildman–Crippen LogP) is 6.20. The van der Waals surface area contributed by atoms with E-state index in [-0.39, 0.29) is 5.91 Å². The molecule has 8 heteroatoms. The lowest BCUT2D eigenvalue weighted by molar-refractivity contribution is 0.0376. The molecule has 2 aromatic carbocycles. The number of carbonyl (C=O) groups excluding carboxylic acids is 1. The molecule has 1 aliphatic heterocycles. The monoisotopic (exact) mass is 515 g/mol. The molecule has 1 fully saturated rings. The first kappa shape index (κ1) is 25.9. The second-order valence-electron chi connectivity index (χ2n) is 8.91. The Labute approximate surface area is 216 Å². The molecule has 0 N–H and O–H groups in total. The summed E-state index contributed by atoms with van der Waals surface area (Å²) in [5, 5.41) is 1.38. The van der Waals surface area contributed by atoms with Crippen molar-refractivity contribution in [3.63, 3.8) is 0 Å². The van der Waals surface area contributed by atoms with Crippen molar-refractivity contribution < 1.29 is 14.3 Å². The highest BCUT2D eigenvalue weighted by Crippen LogP contribution is 2.34. The zero-order valence-electron chi connectivity index (χ0n) is 20.6. The van der Waals surface area contributed by atoms with Crippen LogP contribution in [0.2, 0.25) is 5.02 Å². The number of fused-ring (bicyclic) bond motifs is 1. The largest absolute Gasteiger partial charge is 0.494 e. The van der Waals surface area contributed by atoms with Gasteiger partial charge in [0.2, 0.25) is 0 Å². The van der Waals surface area contributed by atoms with E-state index in [0.717, 1.165) is 80.1 Å². The fraction of sp³-hybridized carbons (Fsp3) is 0.481. The molecule has 4 rings (SSSR count). The smallest absolute Gasteiger partial charge is 0.260 e. The summed E-state index contributed by atoms with van der Waals surface area (Å²) in [5.74, 6) is 0.668. The van der Waals surface area contributed by atoms with Crippen LogP contribution >= 0.6 is 22.9 Å². The van der Waals surface area contributed by atoms with Crippen LogP contribution in [0.4, 0.5) is 5.13 Å². The summed E-state index contributed by atoms with van der Waals surface area (Å²) in [4.78, 5) is 22.8. The molecule has 188 valence electrons. The predicted molar refractivity (Wildman–Crippen MR) is 144 cm³/mol. The maximum Gasteiger partial charge on any atom is 0.260 e. The lowest BCUT2D eigenvalue weighted by Crippen LogP contribution is -2.39. The highest BCUT2D eigenvalue weighted by atomic mass is 35.5. The summed E-state index contributed by atoms with van der Waals surface area (Å²) in [6.45, 7) is 9.75. The Bertz CT molecular complexity index is 1130. The summed E-state index contributed by atoms with van der Waals surface area (Å²) >= 11 is 7.80. The lowest BCUT2D eigenvalue weighted by Gasteiger charge is -2.27. The Morgan fingerprint density at radius 3 is 2.83 bits per heavy atom. The van der Waals surface area contributed by atoms with E-state index in [9.17, 15) is 4.79 Å². The Morgan fingerprint density at radius 2 is 2.03 bits per heavy atom. The van der Waals surface area contributed by atoms with Crippen LogP contribution in [0.3, 0.4) is 0 Å². The molecule has 1 aromatic heterocycles. The van der Waals surface area contributed by atoms with Gasteiger partial charge in [-0.3, -0.25) is 14.6 Å². The van der Waals surface area contributed by atoms with E-state index >= 15 is 0 Å². The van der Waals surface area contributed by atoms with Crippen molar-refractivity contribution in [3.05, 3.63) is 52.5 Å². The van der Waals surface area contributed by atoms with E-state index in [1.54, 1.807) is 0 Å². The third-order valence-electron chi connectivity index (χ3n) is 6.17. The number of rotatable bonds is 11. The van der Waals surface area contributed by atoms with Gasteiger partial charge in [-0.25, -0.2) is 4.98 Å². The van der Waals surface area contributed by atoms with Crippen LogP contribution < -0.4 is 9.64 Å². The Balaban J connectivity index is 1.55. The minimum Gasteiger partial charge on any atom is -0.494 e. The van der Waals surface area contributed by atoms with Crippen LogP contribution in [0.5, 0.6) is 5.75 Å². The number of thiazole rings is 1. The van der Waals surface area contributed by atoms with Gasteiger partial charge in [-0.15, -0.1) is 0 Å². The minimum atomic E-state index is -0.0613. The third-order valence-corrected chi connectivity index (χ3v) is 7.42. The fourth-order valence-corrected chi connectivity index (χ4v) is 5.68. The van der Waals surface area contributed by atoms with Gasteiger partial charge in [0.1, 0.15) is 5.75 Å². The van der Waals surface area contributed by atoms with Crippen molar-refractivity contribution in [3.8, 4) is 5.75 Å². The molecule has 0 radical (unpaired) electrons. The van der Waals surface area contributed by atoms with Crippen LogP contribution in [-0.2, 0) is 4.74 Å². The van der Waals surface area contributed by atoms with Crippen LogP contribution in [-0.4, -0.2) is 61.8 Å². The van der Waals surface area contributed by atoms with E-state index in [2.05, 4.69) is 11.8 Å². The van der Waals surface area contributed by atoms with Gasteiger partial charge in [-0.2, -0.15) is 0 Å². The molecule has 0 saturated carbocycles. The number of nitrogens with zero attached hydrogens (tertiary/aromatic N) is 3. The zero-order valence-corrected chi connectivity index (χ0v) is 22.2. The van der Waals surface area contributed by atoms with Crippen molar-refractivity contribution in [2.75, 3.05) is 50.9 Å². The average molecular weight is 516 g/mol. The molecule has 6 nitrogen and oxygen atoms in total. The molecule has 0 spiro atoms. The van der Waals surface area contributed by atoms with Gasteiger partial charge in [-0.1, -0.05) is 48.8 Å². The molecule has 1 amide bonds. The quantitative estimate of drug-likeness (QED) is 0.285. The molecule has 0 unspecified atom stereocenters. The Hall–Kier alpha value is -2.19. The summed E-state index contributed by atoms with van der Waals surface area (Å²) in [6.07, 6.45) is 4.15. The summed E-state index contributed by atoms with van der Waals surface area (Å²) in [6, 6.07) is 11.3. The summed E-state index contributed by atoms with van der Waals surface area (Å²) < 4.78 is 12.4. The Morgan fingerprint density at radius 1 is 1.20 bits per heavy atom. The fourth-order valence-electron chi connectivity index (χ4n) is 4.24. The number of benzene rings is 2.